The number of hydrogen-bond donors (Lipinski definition) is 2. The predicted octanol–water partition coefficient (Wildman–Crippen LogP) is 6.44. The fourth-order valence-corrected chi connectivity index (χ4v) is 4.92. The third kappa shape index (κ3) is 5.69. The molecule has 0 atom stereocenters. The van der Waals surface area contributed by atoms with Crippen molar-refractivity contribution in [2.45, 2.75) is 26.3 Å². The summed E-state index contributed by atoms with van der Waals surface area (Å²) in [5, 5.41) is 10.7. The zero-order chi connectivity index (χ0) is 27.5. The van der Waals surface area contributed by atoms with Gasteiger partial charge >= 0.3 is 0 Å². The van der Waals surface area contributed by atoms with Crippen LogP contribution in [0.5, 0.6) is 11.6 Å². The number of nitrogens with one attached hydrogen (secondary N) is 2. The Kier molecular flexibility index (Phi) is 7.20. The minimum atomic E-state index is -0.481. The van der Waals surface area contributed by atoms with E-state index in [1.807, 2.05) is 30.6 Å². The van der Waals surface area contributed by atoms with Crippen molar-refractivity contribution in [1.29, 1.82) is 0 Å². The van der Waals surface area contributed by atoms with E-state index in [1.54, 1.807) is 24.3 Å². The molecule has 9 heteroatoms. The fraction of sp³-hybridized carbons (Fsp3) is 0.226. The van der Waals surface area contributed by atoms with Crippen LogP contribution < -0.4 is 10.1 Å². The quantitative estimate of drug-likeness (QED) is 0.249. The van der Waals surface area contributed by atoms with Crippen molar-refractivity contribution in [3.63, 3.8) is 0 Å². The van der Waals surface area contributed by atoms with Gasteiger partial charge in [-0.2, -0.15) is 5.10 Å². The molecule has 1 fully saturated rings. The van der Waals surface area contributed by atoms with Gasteiger partial charge in [-0.05, 0) is 79.4 Å². The standard InChI is InChI=1S/C31H29FN6O2/c1-20-10-12-38(13-11-20)19-21-14-23(17-33-16-21)22-6-8-27-25(15-22)30(37-36-27)31(39)35-24-7-9-29(34-18-24)40-28-5-3-2-4-26(28)32/h2-9,14-18,20H,10-13,19H2,1H3,(H,35,39)(H,36,37). The van der Waals surface area contributed by atoms with Crippen LogP contribution in [0.25, 0.3) is 22.0 Å². The van der Waals surface area contributed by atoms with Gasteiger partial charge in [0.2, 0.25) is 5.88 Å². The number of halogens is 1. The highest BCUT2D eigenvalue weighted by Gasteiger charge is 2.18. The van der Waals surface area contributed by atoms with Crippen molar-refractivity contribution >= 4 is 22.5 Å². The number of aromatic amines is 1. The molecule has 4 heterocycles. The minimum Gasteiger partial charge on any atom is -0.436 e. The van der Waals surface area contributed by atoms with E-state index in [1.165, 1.54) is 36.7 Å². The Morgan fingerprint density at radius 3 is 2.70 bits per heavy atom. The average molecular weight is 537 g/mol. The first kappa shape index (κ1) is 25.6. The number of benzene rings is 2. The normalized spacial score (nSPS) is 14.3. The van der Waals surface area contributed by atoms with Crippen molar-refractivity contribution in [2.75, 3.05) is 18.4 Å². The summed E-state index contributed by atoms with van der Waals surface area (Å²) in [7, 11) is 0. The number of amides is 1. The number of ether oxygens (including phenoxy) is 1. The molecule has 0 radical (unpaired) electrons. The molecule has 0 saturated carbocycles. The van der Waals surface area contributed by atoms with Gasteiger partial charge in [0.25, 0.3) is 5.91 Å². The fourth-order valence-electron chi connectivity index (χ4n) is 4.92. The summed E-state index contributed by atoms with van der Waals surface area (Å²) in [5.74, 6) is 0.227. The number of carbonyl (C=O) groups excluding carboxylic acids is 1. The molecule has 2 aromatic carbocycles. The van der Waals surface area contributed by atoms with Gasteiger partial charge in [-0.3, -0.25) is 19.8 Å². The molecule has 5 aromatic rings. The van der Waals surface area contributed by atoms with Crippen molar-refractivity contribution in [3.05, 3.63) is 96.3 Å². The van der Waals surface area contributed by atoms with Crippen LogP contribution in [0.1, 0.15) is 35.8 Å². The second-order valence-electron chi connectivity index (χ2n) is 10.2. The Balaban J connectivity index is 1.17. The Labute approximate surface area is 231 Å². The molecule has 6 rings (SSSR count). The zero-order valence-electron chi connectivity index (χ0n) is 22.1. The Morgan fingerprint density at radius 1 is 1.05 bits per heavy atom. The monoisotopic (exact) mass is 536 g/mol. The number of piperidine rings is 1. The molecule has 1 amide bonds. The molecule has 1 aliphatic rings. The molecule has 202 valence electrons. The molecular formula is C31H29FN6O2. The van der Waals surface area contributed by atoms with Crippen molar-refractivity contribution in [3.8, 4) is 22.8 Å². The molecule has 0 bridgehead atoms. The minimum absolute atomic E-state index is 0.0763. The average Bonchev–Trinajstić information content (AvgIpc) is 3.40. The topological polar surface area (TPSA) is 96.0 Å². The highest BCUT2D eigenvalue weighted by atomic mass is 19.1. The number of fused-ring (bicyclic) bond motifs is 1. The third-order valence-electron chi connectivity index (χ3n) is 7.23. The third-order valence-corrected chi connectivity index (χ3v) is 7.23. The lowest BCUT2D eigenvalue weighted by atomic mass is 9.98. The van der Waals surface area contributed by atoms with Crippen LogP contribution in [-0.4, -0.2) is 44.1 Å². The van der Waals surface area contributed by atoms with Crippen molar-refractivity contribution in [1.82, 2.24) is 25.1 Å². The number of anilines is 1. The highest BCUT2D eigenvalue weighted by Crippen LogP contribution is 2.28. The molecule has 3 aromatic heterocycles. The first-order chi connectivity index (χ1) is 19.5. The number of nitrogens with zero attached hydrogens (tertiary/aromatic N) is 4. The number of para-hydroxylation sites is 1. The summed E-state index contributed by atoms with van der Waals surface area (Å²) in [5.41, 5.74) is 4.62. The Morgan fingerprint density at radius 2 is 1.90 bits per heavy atom. The molecule has 1 saturated heterocycles. The van der Waals surface area contributed by atoms with Gasteiger partial charge in [-0.1, -0.05) is 25.1 Å². The summed E-state index contributed by atoms with van der Waals surface area (Å²) in [4.78, 5) is 24.3. The van der Waals surface area contributed by atoms with E-state index in [4.69, 9.17) is 4.74 Å². The van der Waals surface area contributed by atoms with Gasteiger partial charge in [0.15, 0.2) is 17.3 Å². The second kappa shape index (κ2) is 11.2. The number of pyridine rings is 2. The molecule has 40 heavy (non-hydrogen) atoms. The van der Waals surface area contributed by atoms with Crippen molar-refractivity contribution < 1.29 is 13.9 Å². The summed E-state index contributed by atoms with van der Waals surface area (Å²) < 4.78 is 19.3. The van der Waals surface area contributed by atoms with Gasteiger partial charge in [-0.25, -0.2) is 9.37 Å². The van der Waals surface area contributed by atoms with Crippen LogP contribution >= 0.6 is 0 Å². The zero-order valence-corrected chi connectivity index (χ0v) is 22.1. The molecule has 8 nitrogen and oxygen atoms in total. The molecular weight excluding hydrogens is 507 g/mol. The van der Waals surface area contributed by atoms with E-state index in [9.17, 15) is 9.18 Å². The number of carbonyl (C=O) groups is 1. The summed E-state index contributed by atoms with van der Waals surface area (Å²) in [6.07, 6.45) is 7.69. The van der Waals surface area contributed by atoms with E-state index >= 15 is 0 Å². The molecule has 0 aliphatic carbocycles. The maximum Gasteiger partial charge on any atom is 0.276 e. The largest absolute Gasteiger partial charge is 0.436 e. The SMILES string of the molecule is CC1CCN(Cc2cncc(-c3ccc4[nH]nc(C(=O)Nc5ccc(Oc6ccccc6F)nc5)c4c3)c2)CC1. The first-order valence-electron chi connectivity index (χ1n) is 13.4. The number of likely N-dealkylation sites (tertiary alicyclic amines) is 1. The van der Waals surface area contributed by atoms with E-state index in [2.05, 4.69) is 43.4 Å². The summed E-state index contributed by atoms with van der Waals surface area (Å²) >= 11 is 0. The van der Waals surface area contributed by atoms with Gasteiger partial charge < -0.3 is 10.1 Å². The maximum absolute atomic E-state index is 13.8. The van der Waals surface area contributed by atoms with E-state index in [-0.39, 0.29) is 23.2 Å². The summed E-state index contributed by atoms with van der Waals surface area (Å²) in [6, 6.07) is 17.3. The number of hydrogen-bond acceptors (Lipinski definition) is 6. The first-order valence-corrected chi connectivity index (χ1v) is 13.4. The van der Waals surface area contributed by atoms with Crippen LogP contribution in [0.15, 0.2) is 79.3 Å². The highest BCUT2D eigenvalue weighted by molar-refractivity contribution is 6.11. The Bertz CT molecular complexity index is 1640. The van der Waals surface area contributed by atoms with Gasteiger partial charge in [0, 0.05) is 36.0 Å². The lowest BCUT2D eigenvalue weighted by molar-refractivity contribution is 0.102. The van der Waals surface area contributed by atoms with Crippen LogP contribution in [0.2, 0.25) is 0 Å². The van der Waals surface area contributed by atoms with Crippen LogP contribution in [0, 0.1) is 11.7 Å². The van der Waals surface area contributed by atoms with E-state index in [0.717, 1.165) is 42.2 Å². The second-order valence-corrected chi connectivity index (χ2v) is 10.2. The van der Waals surface area contributed by atoms with Crippen LogP contribution in [0.4, 0.5) is 10.1 Å². The van der Waals surface area contributed by atoms with Gasteiger partial charge in [0.05, 0.1) is 17.4 Å². The van der Waals surface area contributed by atoms with Crippen LogP contribution in [0.3, 0.4) is 0 Å². The molecule has 0 unspecified atom stereocenters. The van der Waals surface area contributed by atoms with Crippen molar-refractivity contribution in [2.24, 2.45) is 5.92 Å². The van der Waals surface area contributed by atoms with E-state index in [0.29, 0.717) is 11.1 Å². The molecule has 1 aliphatic heterocycles. The smallest absolute Gasteiger partial charge is 0.276 e. The predicted molar refractivity (Wildman–Crippen MR) is 152 cm³/mol. The lowest BCUT2D eigenvalue weighted by Gasteiger charge is -2.30. The maximum atomic E-state index is 13.8. The van der Waals surface area contributed by atoms with Crippen LogP contribution in [-0.2, 0) is 6.54 Å². The summed E-state index contributed by atoms with van der Waals surface area (Å²) in [6.45, 7) is 5.43. The molecule has 0 spiro atoms. The van der Waals surface area contributed by atoms with E-state index < -0.39 is 5.82 Å². The molecule has 2 N–H and O–H groups in total. The number of H-pyrrole nitrogens is 1. The van der Waals surface area contributed by atoms with Gasteiger partial charge in [0.1, 0.15) is 0 Å². The lowest BCUT2D eigenvalue weighted by Crippen LogP contribution is -2.32. The Hall–Kier alpha value is -4.63. The van der Waals surface area contributed by atoms with Gasteiger partial charge in [-0.15, -0.1) is 0 Å². The number of rotatable bonds is 7. The number of aromatic nitrogens is 4.